The van der Waals surface area contributed by atoms with E-state index in [0.717, 1.165) is 24.5 Å². The van der Waals surface area contributed by atoms with E-state index in [9.17, 15) is 0 Å². The zero-order chi connectivity index (χ0) is 12.5. The molecule has 3 nitrogen and oxygen atoms in total. The van der Waals surface area contributed by atoms with Gasteiger partial charge in [0, 0.05) is 23.1 Å². The Morgan fingerprint density at radius 3 is 2.67 bits per heavy atom. The van der Waals surface area contributed by atoms with Gasteiger partial charge in [0.2, 0.25) is 0 Å². The molecule has 0 bridgehead atoms. The molecule has 2 aliphatic rings. The normalized spacial score (nSPS) is 26.1. The number of ether oxygens (including phenoxy) is 2. The smallest absolute Gasteiger partial charge is 0.122 e. The van der Waals surface area contributed by atoms with E-state index in [1.165, 1.54) is 30.4 Å². The highest BCUT2D eigenvalue weighted by atomic mass is 16.5. The summed E-state index contributed by atoms with van der Waals surface area (Å²) >= 11 is 0. The molecule has 0 aromatic heterocycles. The summed E-state index contributed by atoms with van der Waals surface area (Å²) in [5.41, 5.74) is 2.75. The van der Waals surface area contributed by atoms with E-state index in [-0.39, 0.29) is 0 Å². The van der Waals surface area contributed by atoms with Gasteiger partial charge in [-0.2, -0.15) is 0 Å². The first-order valence-electron chi connectivity index (χ1n) is 6.82. The highest BCUT2D eigenvalue weighted by molar-refractivity contribution is 5.52. The third-order valence-corrected chi connectivity index (χ3v) is 4.37. The van der Waals surface area contributed by atoms with Crippen molar-refractivity contribution in [3.05, 3.63) is 23.3 Å². The second-order valence-corrected chi connectivity index (χ2v) is 5.21. The fourth-order valence-corrected chi connectivity index (χ4v) is 3.56. The molecule has 98 valence electrons. The predicted octanol–water partition coefficient (Wildman–Crippen LogP) is 2.49. The Kier molecular flexibility index (Phi) is 3.16. The Morgan fingerprint density at radius 2 is 1.89 bits per heavy atom. The molecule has 0 radical (unpaired) electrons. The monoisotopic (exact) mass is 247 g/mol. The van der Waals surface area contributed by atoms with Gasteiger partial charge in [-0.15, -0.1) is 0 Å². The molecule has 1 unspecified atom stereocenters. The predicted molar refractivity (Wildman–Crippen MR) is 71.6 cm³/mol. The zero-order valence-electron chi connectivity index (χ0n) is 11.2. The van der Waals surface area contributed by atoms with Gasteiger partial charge in [0.25, 0.3) is 0 Å². The second-order valence-electron chi connectivity index (χ2n) is 5.21. The van der Waals surface area contributed by atoms with Crippen LogP contribution in [0.15, 0.2) is 12.1 Å². The maximum atomic E-state index is 5.58. The van der Waals surface area contributed by atoms with Crippen LogP contribution in [0, 0.1) is 0 Å². The first-order valence-corrected chi connectivity index (χ1v) is 6.82. The average Bonchev–Trinajstić information content (AvgIpc) is 2.45. The van der Waals surface area contributed by atoms with Gasteiger partial charge in [0.15, 0.2) is 0 Å². The van der Waals surface area contributed by atoms with Crippen molar-refractivity contribution >= 4 is 0 Å². The van der Waals surface area contributed by atoms with Crippen molar-refractivity contribution in [3.8, 4) is 11.5 Å². The molecule has 0 amide bonds. The van der Waals surface area contributed by atoms with Crippen LogP contribution in [0.2, 0.25) is 0 Å². The van der Waals surface area contributed by atoms with Crippen molar-refractivity contribution in [2.75, 3.05) is 20.8 Å². The zero-order valence-corrected chi connectivity index (χ0v) is 11.2. The lowest BCUT2D eigenvalue weighted by atomic mass is 9.74. The van der Waals surface area contributed by atoms with Crippen molar-refractivity contribution in [2.45, 2.75) is 37.6 Å². The number of hydrogen-bond donors (Lipinski definition) is 1. The van der Waals surface area contributed by atoms with E-state index in [1.807, 2.05) is 6.07 Å². The third-order valence-electron chi connectivity index (χ3n) is 4.37. The summed E-state index contributed by atoms with van der Waals surface area (Å²) < 4.78 is 11.1. The van der Waals surface area contributed by atoms with Gasteiger partial charge in [-0.25, -0.2) is 0 Å². The van der Waals surface area contributed by atoms with Gasteiger partial charge in [0.05, 0.1) is 14.2 Å². The van der Waals surface area contributed by atoms with Crippen LogP contribution in [0.25, 0.3) is 0 Å². The van der Waals surface area contributed by atoms with E-state index in [4.69, 9.17) is 9.47 Å². The van der Waals surface area contributed by atoms with E-state index in [0.29, 0.717) is 12.0 Å². The lowest BCUT2D eigenvalue weighted by molar-refractivity contribution is 0.301. The van der Waals surface area contributed by atoms with Crippen LogP contribution in [0.4, 0.5) is 0 Å². The lowest BCUT2D eigenvalue weighted by Crippen LogP contribution is -2.42. The van der Waals surface area contributed by atoms with E-state index < -0.39 is 0 Å². The van der Waals surface area contributed by atoms with Crippen molar-refractivity contribution in [1.29, 1.82) is 0 Å². The topological polar surface area (TPSA) is 30.5 Å². The highest BCUT2D eigenvalue weighted by Gasteiger charge is 2.35. The van der Waals surface area contributed by atoms with Crippen molar-refractivity contribution in [2.24, 2.45) is 0 Å². The number of rotatable bonds is 2. The summed E-state index contributed by atoms with van der Waals surface area (Å²) in [6, 6.07) is 4.70. The third kappa shape index (κ3) is 1.77. The molecular weight excluding hydrogens is 226 g/mol. The van der Waals surface area contributed by atoms with Crippen molar-refractivity contribution in [3.63, 3.8) is 0 Å². The largest absolute Gasteiger partial charge is 0.496 e. The van der Waals surface area contributed by atoms with E-state index >= 15 is 0 Å². The van der Waals surface area contributed by atoms with E-state index in [2.05, 4.69) is 11.4 Å². The molecular formula is C15H21NO2. The molecule has 1 aromatic rings. The van der Waals surface area contributed by atoms with Gasteiger partial charge >= 0.3 is 0 Å². The average molecular weight is 247 g/mol. The minimum absolute atomic E-state index is 0.590. The second kappa shape index (κ2) is 4.81. The molecule has 18 heavy (non-hydrogen) atoms. The molecule has 0 saturated carbocycles. The van der Waals surface area contributed by atoms with Crippen LogP contribution in [0.3, 0.4) is 0 Å². The maximum absolute atomic E-state index is 5.58. The fraction of sp³-hybridized carbons (Fsp3) is 0.600. The van der Waals surface area contributed by atoms with Gasteiger partial charge < -0.3 is 14.8 Å². The van der Waals surface area contributed by atoms with Gasteiger partial charge in [-0.1, -0.05) is 0 Å². The number of fused-ring (bicyclic) bond motifs is 3. The summed E-state index contributed by atoms with van der Waals surface area (Å²) in [6.07, 6.45) is 4.81. The first-order chi connectivity index (χ1) is 8.85. The quantitative estimate of drug-likeness (QED) is 0.871. The standard InChI is InChI=1S/C15H21NO2/c1-17-13-7-8-14(18-2)15-10-4-3-9-16-12(10)6-5-11(13)15/h7-8,10,12,16H,3-6,9H2,1-2H3/t10?,12-/m1/s1. The summed E-state index contributed by atoms with van der Waals surface area (Å²) in [5, 5.41) is 3.65. The van der Waals surface area contributed by atoms with Crippen molar-refractivity contribution < 1.29 is 9.47 Å². The Labute approximate surface area is 108 Å². The molecule has 3 rings (SSSR count). The molecule has 1 saturated heterocycles. The summed E-state index contributed by atoms with van der Waals surface area (Å²) in [7, 11) is 3.52. The van der Waals surface area contributed by atoms with Gasteiger partial charge in [0.1, 0.15) is 11.5 Å². The highest BCUT2D eigenvalue weighted by Crippen LogP contribution is 2.45. The molecule has 3 heteroatoms. The lowest BCUT2D eigenvalue weighted by Gasteiger charge is -2.39. The first kappa shape index (κ1) is 11.8. The maximum Gasteiger partial charge on any atom is 0.122 e. The Morgan fingerprint density at radius 1 is 1.11 bits per heavy atom. The van der Waals surface area contributed by atoms with Crippen LogP contribution in [-0.2, 0) is 6.42 Å². The van der Waals surface area contributed by atoms with Crippen LogP contribution in [0.5, 0.6) is 11.5 Å². The number of benzene rings is 1. The molecule has 1 heterocycles. The molecule has 0 spiro atoms. The van der Waals surface area contributed by atoms with Gasteiger partial charge in [-0.05, 0) is 44.4 Å². The fourth-order valence-electron chi connectivity index (χ4n) is 3.56. The number of piperidine rings is 1. The molecule has 1 aromatic carbocycles. The summed E-state index contributed by atoms with van der Waals surface area (Å²) in [6.45, 7) is 1.16. The van der Waals surface area contributed by atoms with E-state index in [1.54, 1.807) is 14.2 Å². The Bertz CT molecular complexity index is 444. The van der Waals surface area contributed by atoms with Crippen LogP contribution < -0.4 is 14.8 Å². The van der Waals surface area contributed by atoms with Crippen LogP contribution in [-0.4, -0.2) is 26.8 Å². The Hall–Kier alpha value is -1.22. The number of methoxy groups -OCH3 is 2. The van der Waals surface area contributed by atoms with Crippen LogP contribution >= 0.6 is 0 Å². The molecule has 1 N–H and O–H groups in total. The number of nitrogens with one attached hydrogen (secondary N) is 1. The number of hydrogen-bond acceptors (Lipinski definition) is 3. The molecule has 1 aliphatic heterocycles. The minimum atomic E-state index is 0.590. The summed E-state index contributed by atoms with van der Waals surface area (Å²) in [5.74, 6) is 2.64. The minimum Gasteiger partial charge on any atom is -0.496 e. The SMILES string of the molecule is COc1ccc(OC)c2c1CC[C@H]1NCCCC21. The summed E-state index contributed by atoms with van der Waals surface area (Å²) in [4.78, 5) is 0. The van der Waals surface area contributed by atoms with Crippen molar-refractivity contribution in [1.82, 2.24) is 5.32 Å². The van der Waals surface area contributed by atoms with Gasteiger partial charge in [-0.3, -0.25) is 0 Å². The molecule has 1 fully saturated rings. The molecule has 2 atom stereocenters. The molecule has 1 aliphatic carbocycles. The Balaban J connectivity index is 2.09. The van der Waals surface area contributed by atoms with Crippen LogP contribution in [0.1, 0.15) is 36.3 Å².